The Morgan fingerprint density at radius 3 is 2.50 bits per heavy atom. The van der Waals surface area contributed by atoms with Crippen LogP contribution in [-0.4, -0.2) is 23.6 Å². The molecular weight excluding hydrogens is 246 g/mol. The molecule has 0 saturated heterocycles. The van der Waals surface area contributed by atoms with Crippen LogP contribution in [0.5, 0.6) is 0 Å². The molecule has 0 aliphatic heterocycles. The van der Waals surface area contributed by atoms with Crippen LogP contribution in [0.4, 0.5) is 5.82 Å². The lowest BCUT2D eigenvalue weighted by atomic mass is 10.1. The van der Waals surface area contributed by atoms with E-state index in [9.17, 15) is 0 Å². The molecule has 112 valence electrons. The highest BCUT2D eigenvalue weighted by molar-refractivity contribution is 5.48. The monoisotopic (exact) mass is 275 g/mol. The van der Waals surface area contributed by atoms with E-state index in [0.29, 0.717) is 12.0 Å². The summed E-state index contributed by atoms with van der Waals surface area (Å²) in [5, 5.41) is 3.55. The van der Waals surface area contributed by atoms with E-state index in [4.69, 9.17) is 4.98 Å². The van der Waals surface area contributed by atoms with Gasteiger partial charge in [-0.1, -0.05) is 13.8 Å². The number of nitrogens with one attached hydrogen (secondary N) is 1. The predicted octanol–water partition coefficient (Wildman–Crippen LogP) is 3.51. The minimum atomic E-state index is 0.485. The van der Waals surface area contributed by atoms with Crippen molar-refractivity contribution in [3.63, 3.8) is 0 Å². The van der Waals surface area contributed by atoms with Crippen LogP contribution in [0, 0.1) is 12.8 Å². The van der Waals surface area contributed by atoms with Crippen molar-refractivity contribution in [3.8, 4) is 0 Å². The zero-order chi connectivity index (χ0) is 14.7. The molecule has 0 bridgehead atoms. The molecule has 1 aromatic rings. The van der Waals surface area contributed by atoms with Crippen LogP contribution in [0.25, 0.3) is 0 Å². The minimum Gasteiger partial charge on any atom is -0.354 e. The van der Waals surface area contributed by atoms with Gasteiger partial charge >= 0.3 is 0 Å². The van der Waals surface area contributed by atoms with Crippen LogP contribution in [0.15, 0.2) is 12.3 Å². The minimum absolute atomic E-state index is 0.485. The van der Waals surface area contributed by atoms with Gasteiger partial charge in [0.1, 0.15) is 5.82 Å². The number of pyridine rings is 1. The SMILES string of the molecule is Cc1cc(CNC2CC2)cnc1N(CC(C)C)C(C)C. The molecule has 0 aromatic carbocycles. The van der Waals surface area contributed by atoms with Crippen LogP contribution in [0.1, 0.15) is 51.7 Å². The fraction of sp³-hybridized carbons (Fsp3) is 0.706. The van der Waals surface area contributed by atoms with Gasteiger partial charge < -0.3 is 10.2 Å². The van der Waals surface area contributed by atoms with Crippen LogP contribution in [-0.2, 0) is 6.54 Å². The van der Waals surface area contributed by atoms with Gasteiger partial charge in [0, 0.05) is 31.4 Å². The van der Waals surface area contributed by atoms with Crippen molar-refractivity contribution < 1.29 is 0 Å². The summed E-state index contributed by atoms with van der Waals surface area (Å²) in [7, 11) is 0. The molecule has 0 spiro atoms. The molecule has 1 N–H and O–H groups in total. The van der Waals surface area contributed by atoms with Crippen LogP contribution in [0.2, 0.25) is 0 Å². The molecular formula is C17H29N3. The van der Waals surface area contributed by atoms with Gasteiger partial charge in [-0.05, 0) is 56.7 Å². The lowest BCUT2D eigenvalue weighted by molar-refractivity contribution is 0.564. The third-order valence-corrected chi connectivity index (χ3v) is 3.74. The van der Waals surface area contributed by atoms with Crippen molar-refractivity contribution in [1.29, 1.82) is 0 Å². The zero-order valence-corrected chi connectivity index (χ0v) is 13.6. The van der Waals surface area contributed by atoms with E-state index in [1.165, 1.54) is 24.0 Å². The van der Waals surface area contributed by atoms with E-state index in [1.807, 2.05) is 6.20 Å². The summed E-state index contributed by atoms with van der Waals surface area (Å²) >= 11 is 0. The third-order valence-electron chi connectivity index (χ3n) is 3.74. The summed E-state index contributed by atoms with van der Waals surface area (Å²) in [5.74, 6) is 1.79. The Morgan fingerprint density at radius 1 is 1.30 bits per heavy atom. The number of hydrogen-bond acceptors (Lipinski definition) is 3. The molecule has 1 saturated carbocycles. The van der Waals surface area contributed by atoms with E-state index < -0.39 is 0 Å². The van der Waals surface area contributed by atoms with Gasteiger partial charge in [-0.25, -0.2) is 4.98 Å². The molecule has 0 amide bonds. The highest BCUT2D eigenvalue weighted by Crippen LogP contribution is 2.23. The smallest absolute Gasteiger partial charge is 0.131 e. The Bertz CT molecular complexity index is 436. The van der Waals surface area contributed by atoms with Gasteiger partial charge in [0.25, 0.3) is 0 Å². The van der Waals surface area contributed by atoms with Crippen molar-refractivity contribution in [2.75, 3.05) is 11.4 Å². The van der Waals surface area contributed by atoms with Crippen molar-refractivity contribution in [2.45, 2.75) is 66.1 Å². The van der Waals surface area contributed by atoms with E-state index in [-0.39, 0.29) is 0 Å². The maximum atomic E-state index is 4.74. The topological polar surface area (TPSA) is 28.2 Å². The first kappa shape index (κ1) is 15.3. The molecule has 1 aliphatic carbocycles. The average molecular weight is 275 g/mol. The molecule has 0 radical (unpaired) electrons. The lowest BCUT2D eigenvalue weighted by Crippen LogP contribution is -2.35. The third kappa shape index (κ3) is 4.20. The second-order valence-corrected chi connectivity index (χ2v) is 6.78. The van der Waals surface area contributed by atoms with Gasteiger partial charge in [-0.15, -0.1) is 0 Å². The summed E-state index contributed by atoms with van der Waals surface area (Å²) in [6.07, 6.45) is 4.70. The molecule has 1 heterocycles. The maximum Gasteiger partial charge on any atom is 0.131 e. The summed E-state index contributed by atoms with van der Waals surface area (Å²) in [4.78, 5) is 7.15. The number of anilines is 1. The van der Waals surface area contributed by atoms with Crippen LogP contribution >= 0.6 is 0 Å². The number of hydrogen-bond donors (Lipinski definition) is 1. The van der Waals surface area contributed by atoms with Crippen LogP contribution in [0.3, 0.4) is 0 Å². The average Bonchev–Trinajstić information content (AvgIpc) is 3.17. The fourth-order valence-corrected chi connectivity index (χ4v) is 2.51. The summed E-state index contributed by atoms with van der Waals surface area (Å²) in [6.45, 7) is 13.2. The molecule has 3 nitrogen and oxygen atoms in total. The van der Waals surface area contributed by atoms with Gasteiger partial charge in [-0.2, -0.15) is 0 Å². The number of rotatable bonds is 7. The molecule has 1 fully saturated rings. The van der Waals surface area contributed by atoms with Crippen molar-refractivity contribution in [2.24, 2.45) is 5.92 Å². The summed E-state index contributed by atoms with van der Waals surface area (Å²) < 4.78 is 0. The van der Waals surface area contributed by atoms with Crippen LogP contribution < -0.4 is 10.2 Å². The molecule has 0 atom stereocenters. The Balaban J connectivity index is 2.09. The standard InChI is InChI=1S/C17H29N3/c1-12(2)11-20(13(3)4)17-14(5)8-15(10-19-17)9-18-16-6-7-16/h8,10,12-13,16,18H,6-7,9,11H2,1-5H3. The molecule has 20 heavy (non-hydrogen) atoms. The second kappa shape index (κ2) is 6.57. The van der Waals surface area contributed by atoms with Gasteiger partial charge in [0.05, 0.1) is 0 Å². The Hall–Kier alpha value is -1.09. The first-order chi connectivity index (χ1) is 9.47. The first-order valence-electron chi connectivity index (χ1n) is 7.93. The van der Waals surface area contributed by atoms with E-state index in [2.05, 4.69) is 50.9 Å². The molecule has 3 heteroatoms. The normalized spacial score (nSPS) is 15.2. The van der Waals surface area contributed by atoms with E-state index in [0.717, 1.165) is 24.9 Å². The second-order valence-electron chi connectivity index (χ2n) is 6.78. The highest BCUT2D eigenvalue weighted by Gasteiger charge is 2.20. The quantitative estimate of drug-likeness (QED) is 0.825. The number of aromatic nitrogens is 1. The summed E-state index contributed by atoms with van der Waals surface area (Å²) in [6, 6.07) is 3.52. The van der Waals surface area contributed by atoms with Crippen molar-refractivity contribution >= 4 is 5.82 Å². The maximum absolute atomic E-state index is 4.74. The summed E-state index contributed by atoms with van der Waals surface area (Å²) in [5.41, 5.74) is 2.58. The molecule has 2 rings (SSSR count). The Kier molecular flexibility index (Phi) is 5.03. The molecule has 1 aliphatic rings. The fourth-order valence-electron chi connectivity index (χ4n) is 2.51. The molecule has 1 aromatic heterocycles. The highest BCUT2D eigenvalue weighted by atomic mass is 15.2. The van der Waals surface area contributed by atoms with Crippen molar-refractivity contribution in [3.05, 3.63) is 23.4 Å². The largest absolute Gasteiger partial charge is 0.354 e. The molecule has 0 unspecified atom stereocenters. The van der Waals surface area contributed by atoms with E-state index in [1.54, 1.807) is 0 Å². The lowest BCUT2D eigenvalue weighted by Gasteiger charge is -2.31. The zero-order valence-electron chi connectivity index (χ0n) is 13.6. The van der Waals surface area contributed by atoms with Crippen molar-refractivity contribution in [1.82, 2.24) is 10.3 Å². The van der Waals surface area contributed by atoms with Gasteiger partial charge in [0.2, 0.25) is 0 Å². The van der Waals surface area contributed by atoms with E-state index >= 15 is 0 Å². The Labute approximate surface area is 123 Å². The Morgan fingerprint density at radius 2 is 2.00 bits per heavy atom. The number of aryl methyl sites for hydroxylation is 1. The van der Waals surface area contributed by atoms with Gasteiger partial charge in [0.15, 0.2) is 0 Å². The predicted molar refractivity (Wildman–Crippen MR) is 86.2 cm³/mol. The number of nitrogens with zero attached hydrogens (tertiary/aromatic N) is 2. The first-order valence-corrected chi connectivity index (χ1v) is 7.93. The van der Waals surface area contributed by atoms with Gasteiger partial charge in [-0.3, -0.25) is 0 Å².